The molecule has 9 heteroatoms. The van der Waals surface area contributed by atoms with E-state index in [1.165, 1.54) is 0 Å². The molecule has 5 nitrogen and oxygen atoms in total. The van der Waals surface area contributed by atoms with Crippen molar-refractivity contribution < 1.29 is 27.9 Å². The molecule has 1 aromatic rings. The van der Waals surface area contributed by atoms with Crippen LogP contribution in [0.15, 0.2) is 18.2 Å². The van der Waals surface area contributed by atoms with E-state index in [0.717, 1.165) is 18.2 Å². The molecule has 22 heavy (non-hydrogen) atoms. The van der Waals surface area contributed by atoms with Crippen molar-refractivity contribution in [3.8, 4) is 0 Å². The van der Waals surface area contributed by atoms with Crippen LogP contribution in [-0.2, 0) is 11.0 Å². The number of hydrogen-bond donors (Lipinski definition) is 3. The number of nitrogens with one attached hydrogen (secondary N) is 2. The quantitative estimate of drug-likeness (QED) is 0.792. The predicted octanol–water partition coefficient (Wildman–Crippen LogP) is 3.34. The topological polar surface area (TPSA) is 78.4 Å². The maximum absolute atomic E-state index is 12.6. The van der Waals surface area contributed by atoms with Crippen LogP contribution in [-0.4, -0.2) is 23.1 Å². The predicted molar refractivity (Wildman–Crippen MR) is 72.8 cm³/mol. The summed E-state index contributed by atoms with van der Waals surface area (Å²) >= 11 is 5.75. The van der Waals surface area contributed by atoms with Gasteiger partial charge < -0.3 is 15.7 Å². The van der Waals surface area contributed by atoms with Gasteiger partial charge in [-0.2, -0.15) is 13.2 Å². The van der Waals surface area contributed by atoms with Crippen molar-refractivity contribution in [2.24, 2.45) is 5.92 Å². The third-order valence-electron chi connectivity index (χ3n) is 3.36. The summed E-state index contributed by atoms with van der Waals surface area (Å²) in [6.07, 6.45) is -3.96. The Balaban J connectivity index is 1.96. The van der Waals surface area contributed by atoms with Gasteiger partial charge in [-0.1, -0.05) is 11.6 Å². The van der Waals surface area contributed by atoms with Crippen molar-refractivity contribution in [1.82, 2.24) is 5.32 Å². The number of carbonyl (C=O) groups is 2. The number of amides is 2. The van der Waals surface area contributed by atoms with E-state index >= 15 is 0 Å². The molecular weight excluding hydrogens is 325 g/mol. The Morgan fingerprint density at radius 2 is 1.91 bits per heavy atom. The molecule has 0 heterocycles. The summed E-state index contributed by atoms with van der Waals surface area (Å²) in [5.74, 6) is -1.43. The monoisotopic (exact) mass is 336 g/mol. The second-order valence-corrected chi connectivity index (χ2v) is 5.40. The third kappa shape index (κ3) is 3.82. The normalized spacial score (nSPS) is 20.9. The number of anilines is 1. The van der Waals surface area contributed by atoms with E-state index in [1.54, 1.807) is 0 Å². The first-order valence-electron chi connectivity index (χ1n) is 6.34. The average molecular weight is 337 g/mol. The number of urea groups is 1. The molecule has 0 radical (unpaired) electrons. The number of carboxylic acids is 1. The zero-order valence-corrected chi connectivity index (χ0v) is 11.8. The smallest absolute Gasteiger partial charge is 0.416 e. The van der Waals surface area contributed by atoms with E-state index in [-0.39, 0.29) is 16.8 Å². The number of aliphatic carboxylic acids is 1. The van der Waals surface area contributed by atoms with Crippen LogP contribution in [0.25, 0.3) is 0 Å². The van der Waals surface area contributed by atoms with E-state index in [9.17, 15) is 22.8 Å². The van der Waals surface area contributed by atoms with E-state index < -0.39 is 29.7 Å². The van der Waals surface area contributed by atoms with Crippen molar-refractivity contribution in [3.63, 3.8) is 0 Å². The molecule has 0 atom stereocenters. The summed E-state index contributed by atoms with van der Waals surface area (Å²) in [5, 5.41) is 13.4. The summed E-state index contributed by atoms with van der Waals surface area (Å²) in [6.45, 7) is 0. The largest absolute Gasteiger partial charge is 0.481 e. The first-order chi connectivity index (χ1) is 10.2. The Kier molecular flexibility index (Phi) is 4.50. The molecule has 1 saturated carbocycles. The van der Waals surface area contributed by atoms with Crippen molar-refractivity contribution >= 4 is 29.3 Å². The zero-order valence-electron chi connectivity index (χ0n) is 11.1. The molecule has 0 saturated heterocycles. The van der Waals surface area contributed by atoms with Gasteiger partial charge in [0.2, 0.25) is 0 Å². The first kappa shape index (κ1) is 16.4. The number of halogens is 4. The molecule has 1 fully saturated rings. The van der Waals surface area contributed by atoms with Crippen molar-refractivity contribution in [1.29, 1.82) is 0 Å². The molecule has 0 aliphatic heterocycles. The van der Waals surface area contributed by atoms with E-state index in [4.69, 9.17) is 16.7 Å². The van der Waals surface area contributed by atoms with Crippen molar-refractivity contribution in [2.75, 3.05) is 5.32 Å². The van der Waals surface area contributed by atoms with E-state index in [1.807, 2.05) is 0 Å². The van der Waals surface area contributed by atoms with Crippen molar-refractivity contribution in [2.45, 2.75) is 25.1 Å². The van der Waals surface area contributed by atoms with Crippen LogP contribution in [0.1, 0.15) is 18.4 Å². The number of benzene rings is 1. The lowest BCUT2D eigenvalue weighted by atomic mass is 9.80. The molecule has 1 aromatic carbocycles. The molecule has 3 N–H and O–H groups in total. The van der Waals surface area contributed by atoms with Crippen molar-refractivity contribution in [3.05, 3.63) is 28.8 Å². The van der Waals surface area contributed by atoms with Gasteiger partial charge in [0.25, 0.3) is 0 Å². The first-order valence-corrected chi connectivity index (χ1v) is 6.71. The number of carbonyl (C=O) groups excluding carboxylic acids is 1. The minimum atomic E-state index is -4.54. The van der Waals surface area contributed by atoms with Gasteiger partial charge in [-0.05, 0) is 31.0 Å². The van der Waals surface area contributed by atoms with Gasteiger partial charge in [-0.25, -0.2) is 4.79 Å². The SMILES string of the molecule is O=C(Nc1cc(C(F)(F)F)ccc1Cl)NC1CC(C(=O)O)C1. The second kappa shape index (κ2) is 6.04. The fraction of sp³-hybridized carbons (Fsp3) is 0.385. The highest BCUT2D eigenvalue weighted by Crippen LogP contribution is 2.34. The highest BCUT2D eigenvalue weighted by molar-refractivity contribution is 6.33. The minimum Gasteiger partial charge on any atom is -0.481 e. The molecule has 0 bridgehead atoms. The lowest BCUT2D eigenvalue weighted by molar-refractivity contribution is -0.145. The molecule has 1 aliphatic rings. The Labute approximate surface area is 128 Å². The van der Waals surface area contributed by atoms with Crippen LogP contribution in [0.4, 0.5) is 23.7 Å². The van der Waals surface area contributed by atoms with Gasteiger partial charge in [-0.3, -0.25) is 4.79 Å². The molecule has 2 rings (SSSR count). The van der Waals surface area contributed by atoms with Crippen LogP contribution >= 0.6 is 11.6 Å². The minimum absolute atomic E-state index is 0.0276. The van der Waals surface area contributed by atoms with Gasteiger partial charge in [0.1, 0.15) is 0 Å². The molecule has 0 aromatic heterocycles. The number of carboxylic acid groups (broad SMARTS) is 1. The summed E-state index contributed by atoms with van der Waals surface area (Å²) in [5.41, 5.74) is -1.09. The molecule has 0 unspecified atom stereocenters. The fourth-order valence-electron chi connectivity index (χ4n) is 2.08. The van der Waals surface area contributed by atoms with E-state index in [0.29, 0.717) is 12.8 Å². The van der Waals surface area contributed by atoms with Gasteiger partial charge in [0.05, 0.1) is 22.2 Å². The highest BCUT2D eigenvalue weighted by atomic mass is 35.5. The van der Waals surface area contributed by atoms with Crippen LogP contribution < -0.4 is 10.6 Å². The Hall–Kier alpha value is -1.96. The lowest BCUT2D eigenvalue weighted by Crippen LogP contribution is -2.48. The standard InChI is InChI=1S/C13H12ClF3N2O3/c14-9-2-1-7(13(15,16)17)5-10(9)19-12(22)18-8-3-6(4-8)11(20)21/h1-2,5-6,8H,3-4H2,(H,20,21)(H2,18,19,22). The molecule has 1 aliphatic carbocycles. The Bertz CT molecular complexity index is 601. The van der Waals surface area contributed by atoms with Gasteiger partial charge in [0.15, 0.2) is 0 Å². The van der Waals surface area contributed by atoms with Gasteiger partial charge >= 0.3 is 18.2 Å². The van der Waals surface area contributed by atoms with Crippen LogP contribution in [0.5, 0.6) is 0 Å². The maximum Gasteiger partial charge on any atom is 0.416 e. The summed E-state index contributed by atoms with van der Waals surface area (Å²) in [6, 6.07) is 1.56. The summed E-state index contributed by atoms with van der Waals surface area (Å²) in [4.78, 5) is 22.3. The molecule has 0 spiro atoms. The van der Waals surface area contributed by atoms with Gasteiger partial charge in [0, 0.05) is 6.04 Å². The average Bonchev–Trinajstić information content (AvgIpc) is 2.34. The summed E-state index contributed by atoms with van der Waals surface area (Å²) < 4.78 is 37.8. The van der Waals surface area contributed by atoms with Crippen LogP contribution in [0.2, 0.25) is 5.02 Å². The van der Waals surface area contributed by atoms with Crippen LogP contribution in [0, 0.1) is 5.92 Å². The lowest BCUT2D eigenvalue weighted by Gasteiger charge is -2.32. The van der Waals surface area contributed by atoms with Crippen LogP contribution in [0.3, 0.4) is 0 Å². The maximum atomic E-state index is 12.6. The third-order valence-corrected chi connectivity index (χ3v) is 3.69. The fourth-order valence-corrected chi connectivity index (χ4v) is 2.24. The zero-order chi connectivity index (χ0) is 16.5. The Morgan fingerprint density at radius 1 is 1.27 bits per heavy atom. The number of rotatable bonds is 3. The molecule has 120 valence electrons. The molecular formula is C13H12ClF3N2O3. The van der Waals surface area contributed by atoms with E-state index in [2.05, 4.69) is 10.6 Å². The number of hydrogen-bond acceptors (Lipinski definition) is 2. The van der Waals surface area contributed by atoms with Gasteiger partial charge in [-0.15, -0.1) is 0 Å². The second-order valence-electron chi connectivity index (χ2n) is 4.99. The summed E-state index contributed by atoms with van der Waals surface area (Å²) in [7, 11) is 0. The molecule has 2 amide bonds. The number of alkyl halides is 3. The highest BCUT2D eigenvalue weighted by Gasteiger charge is 2.35. The Morgan fingerprint density at radius 3 is 2.45 bits per heavy atom.